The van der Waals surface area contributed by atoms with Crippen molar-refractivity contribution in [2.45, 2.75) is 34.1 Å². The van der Waals surface area contributed by atoms with E-state index in [4.69, 9.17) is 19.2 Å². The van der Waals surface area contributed by atoms with Crippen molar-refractivity contribution in [3.63, 3.8) is 0 Å². The highest BCUT2D eigenvalue weighted by atomic mass is 16.5. The topological polar surface area (TPSA) is 40.0 Å². The van der Waals surface area contributed by atoms with Crippen LogP contribution in [0.2, 0.25) is 0 Å². The van der Waals surface area contributed by atoms with Crippen molar-refractivity contribution in [2.24, 2.45) is 4.99 Å². The number of ether oxygens (including phenoxy) is 3. The Labute approximate surface area is 184 Å². The molecule has 0 saturated heterocycles. The molecule has 4 nitrogen and oxygen atoms in total. The molecule has 0 atom stereocenters. The molecule has 0 unspecified atom stereocenters. The maximum absolute atomic E-state index is 6.21. The Morgan fingerprint density at radius 1 is 0.903 bits per heavy atom. The molecule has 0 N–H and O–H groups in total. The van der Waals surface area contributed by atoms with Gasteiger partial charge in [-0.3, -0.25) is 0 Å². The van der Waals surface area contributed by atoms with E-state index in [-0.39, 0.29) is 0 Å². The standard InChI is InChI=1S/C27H29NO3/c1-6-22-10-9-11-24(17-22)31-27(28-23-15-14-19(2)20(3)16-23)21(4)18-30-26-13-8-7-12-25(26)29-5/h7-18H,6H2,1-5H3. The van der Waals surface area contributed by atoms with Crippen molar-refractivity contribution >= 4 is 11.6 Å². The summed E-state index contributed by atoms with van der Waals surface area (Å²) < 4.78 is 17.5. The van der Waals surface area contributed by atoms with Crippen LogP contribution >= 0.6 is 0 Å². The number of benzene rings is 3. The largest absolute Gasteiger partial charge is 0.493 e. The monoisotopic (exact) mass is 415 g/mol. The molecule has 3 aromatic rings. The highest BCUT2D eigenvalue weighted by Gasteiger charge is 2.10. The Morgan fingerprint density at radius 3 is 2.39 bits per heavy atom. The summed E-state index contributed by atoms with van der Waals surface area (Å²) in [6.45, 7) is 8.20. The lowest BCUT2D eigenvalue weighted by molar-refractivity contribution is 0.377. The number of hydrogen-bond donors (Lipinski definition) is 0. The van der Waals surface area contributed by atoms with Gasteiger partial charge in [0.15, 0.2) is 11.5 Å². The van der Waals surface area contributed by atoms with Gasteiger partial charge in [-0.25, -0.2) is 4.99 Å². The van der Waals surface area contributed by atoms with Gasteiger partial charge in [0.2, 0.25) is 5.90 Å². The number of aliphatic imine (C=N–C) groups is 1. The van der Waals surface area contributed by atoms with E-state index < -0.39 is 0 Å². The van der Waals surface area contributed by atoms with E-state index in [9.17, 15) is 0 Å². The zero-order chi connectivity index (χ0) is 22.2. The van der Waals surface area contributed by atoms with Gasteiger partial charge < -0.3 is 14.2 Å². The minimum atomic E-state index is 0.478. The van der Waals surface area contributed by atoms with Crippen LogP contribution in [0.4, 0.5) is 5.69 Å². The molecule has 0 spiro atoms. The maximum atomic E-state index is 6.21. The van der Waals surface area contributed by atoms with Crippen molar-refractivity contribution in [3.05, 3.63) is 95.3 Å². The van der Waals surface area contributed by atoms with Crippen LogP contribution in [-0.2, 0) is 6.42 Å². The number of hydrogen-bond acceptors (Lipinski definition) is 4. The number of nitrogens with zero attached hydrogens (tertiary/aromatic N) is 1. The van der Waals surface area contributed by atoms with Crippen LogP contribution in [0.3, 0.4) is 0 Å². The van der Waals surface area contributed by atoms with E-state index in [1.807, 2.05) is 55.5 Å². The lowest BCUT2D eigenvalue weighted by Gasteiger charge is -2.12. The number of para-hydroxylation sites is 2. The van der Waals surface area contributed by atoms with Crippen molar-refractivity contribution in [1.82, 2.24) is 0 Å². The van der Waals surface area contributed by atoms with Gasteiger partial charge >= 0.3 is 0 Å². The van der Waals surface area contributed by atoms with E-state index in [2.05, 4.69) is 39.0 Å². The fourth-order valence-electron chi connectivity index (χ4n) is 2.96. The molecule has 0 heterocycles. The molecule has 0 radical (unpaired) electrons. The van der Waals surface area contributed by atoms with E-state index in [0.717, 1.165) is 23.4 Å². The lowest BCUT2D eigenvalue weighted by Crippen LogP contribution is -2.11. The van der Waals surface area contributed by atoms with Crippen LogP contribution in [0.25, 0.3) is 0 Å². The van der Waals surface area contributed by atoms with E-state index in [1.165, 1.54) is 16.7 Å². The summed E-state index contributed by atoms with van der Waals surface area (Å²) >= 11 is 0. The van der Waals surface area contributed by atoms with Crippen molar-refractivity contribution in [3.8, 4) is 17.2 Å². The molecular formula is C27H29NO3. The van der Waals surface area contributed by atoms with Crippen LogP contribution in [0.1, 0.15) is 30.5 Å². The zero-order valence-corrected chi connectivity index (χ0v) is 18.8. The van der Waals surface area contributed by atoms with Gasteiger partial charge in [0, 0.05) is 5.57 Å². The van der Waals surface area contributed by atoms with Crippen LogP contribution < -0.4 is 14.2 Å². The maximum Gasteiger partial charge on any atom is 0.225 e. The van der Waals surface area contributed by atoms with E-state index >= 15 is 0 Å². The molecule has 0 amide bonds. The minimum absolute atomic E-state index is 0.478. The number of methoxy groups -OCH3 is 1. The Kier molecular flexibility index (Phi) is 7.50. The highest BCUT2D eigenvalue weighted by molar-refractivity contribution is 5.96. The molecule has 0 aliphatic rings. The Balaban J connectivity index is 1.95. The van der Waals surface area contributed by atoms with Gasteiger partial charge in [-0.1, -0.05) is 37.3 Å². The first-order valence-electron chi connectivity index (χ1n) is 10.4. The van der Waals surface area contributed by atoms with Crippen molar-refractivity contribution in [1.29, 1.82) is 0 Å². The number of rotatable bonds is 7. The van der Waals surface area contributed by atoms with E-state index in [0.29, 0.717) is 17.4 Å². The molecule has 0 bridgehead atoms. The molecule has 0 fully saturated rings. The lowest BCUT2D eigenvalue weighted by atomic mass is 10.1. The van der Waals surface area contributed by atoms with Gasteiger partial charge in [-0.05, 0) is 80.3 Å². The Morgan fingerprint density at radius 2 is 1.68 bits per heavy atom. The summed E-state index contributed by atoms with van der Waals surface area (Å²) in [5.74, 6) is 2.51. The fourth-order valence-corrected chi connectivity index (χ4v) is 2.96. The first-order valence-corrected chi connectivity index (χ1v) is 10.4. The third-order valence-electron chi connectivity index (χ3n) is 5.01. The summed E-state index contributed by atoms with van der Waals surface area (Å²) in [5, 5.41) is 0. The molecular weight excluding hydrogens is 386 g/mol. The normalized spacial score (nSPS) is 11.9. The van der Waals surface area contributed by atoms with Gasteiger partial charge in [-0.2, -0.15) is 0 Å². The molecule has 4 heteroatoms. The summed E-state index contributed by atoms with van der Waals surface area (Å²) in [6, 6.07) is 21.7. The third-order valence-corrected chi connectivity index (χ3v) is 5.01. The van der Waals surface area contributed by atoms with Crippen molar-refractivity contribution in [2.75, 3.05) is 7.11 Å². The average Bonchev–Trinajstić information content (AvgIpc) is 2.79. The van der Waals surface area contributed by atoms with Gasteiger partial charge in [-0.15, -0.1) is 0 Å². The predicted molar refractivity (Wildman–Crippen MR) is 127 cm³/mol. The minimum Gasteiger partial charge on any atom is -0.493 e. The van der Waals surface area contributed by atoms with Gasteiger partial charge in [0.05, 0.1) is 19.1 Å². The molecule has 0 saturated carbocycles. The van der Waals surface area contributed by atoms with Crippen LogP contribution in [-0.4, -0.2) is 13.0 Å². The van der Waals surface area contributed by atoms with Crippen LogP contribution in [0.15, 0.2) is 83.6 Å². The zero-order valence-electron chi connectivity index (χ0n) is 18.8. The highest BCUT2D eigenvalue weighted by Crippen LogP contribution is 2.27. The summed E-state index contributed by atoms with van der Waals surface area (Å²) in [4.78, 5) is 4.78. The summed E-state index contributed by atoms with van der Waals surface area (Å²) in [5.41, 5.74) is 5.19. The van der Waals surface area contributed by atoms with Gasteiger partial charge in [0.25, 0.3) is 0 Å². The molecule has 3 rings (SSSR count). The SMILES string of the molecule is CCc1cccc(OC(=Nc2ccc(C)c(C)c2)C(C)=COc2ccccc2OC)c1. The Bertz CT molecular complexity index is 1100. The summed E-state index contributed by atoms with van der Waals surface area (Å²) in [7, 11) is 1.62. The molecule has 0 aliphatic heterocycles. The molecule has 31 heavy (non-hydrogen) atoms. The fraction of sp³-hybridized carbons (Fsp3) is 0.222. The second-order valence-electron chi connectivity index (χ2n) is 7.36. The first kappa shape index (κ1) is 22.2. The summed E-state index contributed by atoms with van der Waals surface area (Å²) in [6.07, 6.45) is 2.58. The second kappa shape index (κ2) is 10.5. The van der Waals surface area contributed by atoms with Crippen LogP contribution in [0, 0.1) is 13.8 Å². The van der Waals surface area contributed by atoms with Gasteiger partial charge in [0.1, 0.15) is 5.75 Å². The predicted octanol–water partition coefficient (Wildman–Crippen LogP) is 6.97. The quantitative estimate of drug-likeness (QED) is 0.238. The van der Waals surface area contributed by atoms with Crippen molar-refractivity contribution < 1.29 is 14.2 Å². The Hall–Kier alpha value is -3.53. The molecule has 3 aromatic carbocycles. The first-order chi connectivity index (χ1) is 15.0. The molecule has 0 aliphatic carbocycles. The third kappa shape index (κ3) is 5.98. The van der Waals surface area contributed by atoms with Crippen LogP contribution in [0.5, 0.6) is 17.2 Å². The molecule has 160 valence electrons. The van der Waals surface area contributed by atoms with E-state index in [1.54, 1.807) is 13.4 Å². The molecule has 0 aromatic heterocycles. The number of aryl methyl sites for hydroxylation is 3. The smallest absolute Gasteiger partial charge is 0.225 e. The second-order valence-corrected chi connectivity index (χ2v) is 7.36. The average molecular weight is 416 g/mol.